The maximum absolute atomic E-state index is 11.9. The van der Waals surface area contributed by atoms with E-state index in [9.17, 15) is 8.42 Å². The molecule has 0 bridgehead atoms. The van der Waals surface area contributed by atoms with E-state index in [1.54, 1.807) is 21.3 Å². The molecule has 1 N–H and O–H groups in total. The molecule has 0 amide bonds. The fourth-order valence-corrected chi connectivity index (χ4v) is 4.83. The minimum absolute atomic E-state index is 0.444. The number of rotatable bonds is 9. The lowest BCUT2D eigenvalue weighted by Crippen LogP contribution is -2.47. The van der Waals surface area contributed by atoms with Gasteiger partial charge in [0.2, 0.25) is 15.8 Å². The number of nitrogens with zero attached hydrogens (tertiary/aromatic N) is 5. The predicted octanol–water partition coefficient (Wildman–Crippen LogP) is 2.13. The molecule has 3 heterocycles. The third-order valence-corrected chi connectivity index (χ3v) is 7.56. The highest BCUT2D eigenvalue weighted by Gasteiger charge is 2.23. The summed E-state index contributed by atoms with van der Waals surface area (Å²) in [5.41, 5.74) is 2.89. The molecule has 1 aromatic carbocycles. The highest BCUT2D eigenvalue weighted by molar-refractivity contribution is 7.92. The zero-order chi connectivity index (χ0) is 24.3. The van der Waals surface area contributed by atoms with E-state index in [2.05, 4.69) is 24.8 Å². The maximum Gasteiger partial charge on any atom is 0.262 e. The van der Waals surface area contributed by atoms with Gasteiger partial charge in [0.05, 0.1) is 26.2 Å². The highest BCUT2D eigenvalue weighted by Crippen LogP contribution is 2.33. The van der Waals surface area contributed by atoms with E-state index in [1.165, 1.54) is 22.5 Å². The van der Waals surface area contributed by atoms with Crippen molar-refractivity contribution in [2.45, 2.75) is 12.8 Å². The van der Waals surface area contributed by atoms with Gasteiger partial charge >= 0.3 is 0 Å². The van der Waals surface area contributed by atoms with Gasteiger partial charge in [0.15, 0.2) is 5.82 Å². The molecule has 11 heteroatoms. The average molecular weight is 489 g/mol. The Kier molecular flexibility index (Phi) is 7.13. The number of nitrogens with one attached hydrogen (secondary N) is 1. The summed E-state index contributed by atoms with van der Waals surface area (Å²) < 4.78 is 35.9. The van der Waals surface area contributed by atoms with Crippen molar-refractivity contribution in [1.82, 2.24) is 19.9 Å². The molecule has 1 aliphatic heterocycles. The molecule has 0 spiro atoms. The van der Waals surface area contributed by atoms with Crippen LogP contribution in [-0.2, 0) is 16.4 Å². The third kappa shape index (κ3) is 5.05. The number of benzene rings is 1. The van der Waals surface area contributed by atoms with Crippen molar-refractivity contribution < 1.29 is 17.9 Å². The first-order valence-electron chi connectivity index (χ1n) is 11.3. The highest BCUT2D eigenvalue weighted by atomic mass is 32.2. The molecule has 184 valence electrons. The van der Waals surface area contributed by atoms with Gasteiger partial charge in [-0.2, -0.15) is 4.98 Å². The Morgan fingerprint density at radius 3 is 2.56 bits per heavy atom. The Bertz CT molecular complexity index is 1240. The number of aromatic nitrogens is 3. The Balaban J connectivity index is 1.34. The molecule has 10 nitrogen and oxygen atoms in total. The van der Waals surface area contributed by atoms with Gasteiger partial charge in [-0.3, -0.25) is 9.21 Å². The molecule has 1 aliphatic rings. The number of ether oxygens (including phenoxy) is 2. The number of piperazine rings is 1. The second kappa shape index (κ2) is 10.1. The minimum Gasteiger partial charge on any atom is -0.489 e. The van der Waals surface area contributed by atoms with Crippen molar-refractivity contribution in [1.29, 1.82) is 0 Å². The van der Waals surface area contributed by atoms with Gasteiger partial charge in [-0.1, -0.05) is 0 Å². The van der Waals surface area contributed by atoms with Gasteiger partial charge < -0.3 is 19.4 Å². The molecule has 0 atom stereocenters. The van der Waals surface area contributed by atoms with Crippen LogP contribution >= 0.6 is 0 Å². The summed E-state index contributed by atoms with van der Waals surface area (Å²) in [6.07, 6.45) is 6.68. The van der Waals surface area contributed by atoms with Crippen LogP contribution in [0.5, 0.6) is 11.6 Å². The molecule has 3 aromatic rings. The first kappa shape index (κ1) is 24.1. The quantitative estimate of drug-likeness (QED) is 0.489. The Hall–Kier alpha value is -3.05. The van der Waals surface area contributed by atoms with Crippen LogP contribution in [0.2, 0.25) is 0 Å². The molecule has 0 unspecified atom stereocenters. The lowest BCUT2D eigenvalue weighted by atomic mass is 10.1. The van der Waals surface area contributed by atoms with Crippen LogP contribution in [0, 0.1) is 0 Å². The van der Waals surface area contributed by atoms with Gasteiger partial charge in [0.1, 0.15) is 6.33 Å². The first-order chi connectivity index (χ1) is 16.3. The number of hydrogen-bond acceptors (Lipinski definition) is 8. The summed E-state index contributed by atoms with van der Waals surface area (Å²) in [6.45, 7) is 4.57. The Labute approximate surface area is 200 Å². The minimum atomic E-state index is -3.30. The van der Waals surface area contributed by atoms with E-state index in [4.69, 9.17) is 9.47 Å². The van der Waals surface area contributed by atoms with Gasteiger partial charge in [0.25, 0.3) is 5.88 Å². The van der Waals surface area contributed by atoms with Gasteiger partial charge in [-0.05, 0) is 43.1 Å². The van der Waals surface area contributed by atoms with Crippen LogP contribution in [0.3, 0.4) is 0 Å². The zero-order valence-electron chi connectivity index (χ0n) is 20.1. The Morgan fingerprint density at radius 1 is 1.12 bits per heavy atom. The largest absolute Gasteiger partial charge is 0.489 e. The van der Waals surface area contributed by atoms with Crippen LogP contribution in [0.4, 0.5) is 11.5 Å². The fourth-order valence-electron chi connectivity index (χ4n) is 4.34. The van der Waals surface area contributed by atoms with E-state index in [0.717, 1.165) is 62.3 Å². The van der Waals surface area contributed by atoms with Crippen LogP contribution in [0.1, 0.15) is 12.0 Å². The number of aryl methyl sites for hydroxylation is 1. The van der Waals surface area contributed by atoms with Crippen molar-refractivity contribution in [2.24, 2.45) is 0 Å². The van der Waals surface area contributed by atoms with Crippen molar-refractivity contribution in [2.75, 3.05) is 69.5 Å². The van der Waals surface area contributed by atoms with E-state index in [-0.39, 0.29) is 0 Å². The molecule has 1 fully saturated rings. The molecular formula is C23H32N6O4S. The van der Waals surface area contributed by atoms with Crippen molar-refractivity contribution in [3.63, 3.8) is 0 Å². The molecule has 0 saturated carbocycles. The summed E-state index contributed by atoms with van der Waals surface area (Å²) in [7, 11) is 1.46. The molecule has 4 rings (SSSR count). The van der Waals surface area contributed by atoms with E-state index in [0.29, 0.717) is 17.3 Å². The number of aromatic amines is 1. The summed E-state index contributed by atoms with van der Waals surface area (Å²) in [5.74, 6) is 1.78. The molecule has 34 heavy (non-hydrogen) atoms. The fraction of sp³-hybridized carbons (Fsp3) is 0.478. The monoisotopic (exact) mass is 488 g/mol. The van der Waals surface area contributed by atoms with Crippen molar-refractivity contribution in [3.05, 3.63) is 36.3 Å². The number of anilines is 2. The van der Waals surface area contributed by atoms with Gasteiger partial charge in [0, 0.05) is 50.3 Å². The van der Waals surface area contributed by atoms with Crippen molar-refractivity contribution >= 4 is 32.4 Å². The normalized spacial score (nSPS) is 15.0. The molecule has 1 saturated heterocycles. The number of sulfonamides is 1. The number of methoxy groups -OCH3 is 2. The summed E-state index contributed by atoms with van der Waals surface area (Å²) >= 11 is 0. The standard InChI is InChI=1S/C23H32N6O4S/c1-27(34(4,30)31)18-7-8-20-19(14-18)17(15-24-20)6-5-9-28-10-12-29(13-11-28)22-21(32-2)23(33-3)26-16-25-22/h7-8,14-16,24H,5-6,9-13H2,1-4H3. The third-order valence-electron chi connectivity index (χ3n) is 6.35. The zero-order valence-corrected chi connectivity index (χ0v) is 20.9. The first-order valence-corrected chi connectivity index (χ1v) is 13.1. The SMILES string of the molecule is COc1ncnc(N2CCN(CCCc3c[nH]c4ccc(N(C)S(C)(=O)=O)cc34)CC2)c1OC. The number of H-pyrrole nitrogens is 1. The predicted molar refractivity (Wildman–Crippen MR) is 134 cm³/mol. The second-order valence-corrected chi connectivity index (χ2v) is 10.5. The lowest BCUT2D eigenvalue weighted by Gasteiger charge is -2.35. The number of fused-ring (bicyclic) bond motifs is 1. The van der Waals surface area contributed by atoms with Gasteiger partial charge in [-0.15, -0.1) is 0 Å². The second-order valence-electron chi connectivity index (χ2n) is 8.45. The molecule has 2 aromatic heterocycles. The topological polar surface area (TPSA) is 104 Å². The summed E-state index contributed by atoms with van der Waals surface area (Å²) in [6, 6.07) is 5.71. The smallest absolute Gasteiger partial charge is 0.262 e. The average Bonchev–Trinajstić information content (AvgIpc) is 3.25. The summed E-state index contributed by atoms with van der Waals surface area (Å²) in [4.78, 5) is 16.5. The maximum atomic E-state index is 11.9. The number of hydrogen-bond donors (Lipinski definition) is 1. The van der Waals surface area contributed by atoms with E-state index in [1.807, 2.05) is 24.4 Å². The van der Waals surface area contributed by atoms with Crippen LogP contribution in [-0.4, -0.2) is 88.5 Å². The summed E-state index contributed by atoms with van der Waals surface area (Å²) in [5, 5.41) is 1.07. The van der Waals surface area contributed by atoms with E-state index < -0.39 is 10.0 Å². The van der Waals surface area contributed by atoms with Crippen LogP contribution < -0.4 is 18.7 Å². The van der Waals surface area contributed by atoms with Crippen LogP contribution in [0.15, 0.2) is 30.7 Å². The van der Waals surface area contributed by atoms with E-state index >= 15 is 0 Å². The molecule has 0 radical (unpaired) electrons. The van der Waals surface area contributed by atoms with Crippen molar-refractivity contribution in [3.8, 4) is 11.6 Å². The van der Waals surface area contributed by atoms with Gasteiger partial charge in [-0.25, -0.2) is 13.4 Å². The van der Waals surface area contributed by atoms with Crippen LogP contribution in [0.25, 0.3) is 10.9 Å². The molecular weight excluding hydrogens is 456 g/mol. The molecule has 0 aliphatic carbocycles. The lowest BCUT2D eigenvalue weighted by molar-refractivity contribution is 0.253. The Morgan fingerprint density at radius 2 is 1.88 bits per heavy atom.